The third-order valence-corrected chi connectivity index (χ3v) is 184. The number of hydrogen-bond donors (Lipinski definition) is 0. The Bertz CT molecular complexity index is 522. The molecule has 6 fully saturated rings. The van der Waals surface area contributed by atoms with E-state index in [1.807, 2.05) is 0 Å². The van der Waals surface area contributed by atoms with Gasteiger partial charge in [-0.1, -0.05) is 104 Å². The number of rotatable bonds is 0. The lowest BCUT2D eigenvalue weighted by Crippen LogP contribution is -3.06. The average molecular weight is 449 g/mol. The zero-order valence-electron chi connectivity index (χ0n) is 17.8. The molecule has 0 amide bonds. The first-order valence-electron chi connectivity index (χ1n) is 9.68. The SMILES string of the molecule is CC(C)(C)C12P3[Si]4(C(C)(C)C)P1[Si]1(C(C)(C)C)P2[Si]3(C(C)(C)C)P41. The first kappa shape index (κ1) is 18.4. The van der Waals surface area contributed by atoms with E-state index in [1.54, 1.807) is 0 Å². The fraction of sp³-hybridized carbons (Fsp3) is 1.00. The van der Waals surface area contributed by atoms with Gasteiger partial charge >= 0.3 is 0 Å². The Hall–Kier alpha value is 2.37. The van der Waals surface area contributed by atoms with Crippen LogP contribution in [0.5, 0.6) is 0 Å². The third-order valence-electron chi connectivity index (χ3n) is 7.77. The van der Waals surface area contributed by atoms with Crippen LogP contribution < -0.4 is 0 Å². The molecular weight excluding hydrogens is 412 g/mol. The minimum absolute atomic E-state index is 0.580. The highest BCUT2D eigenvalue weighted by Crippen LogP contribution is 3.50. The zero-order valence-corrected chi connectivity index (χ0v) is 24.4. The lowest BCUT2D eigenvalue weighted by atomic mass is 9.99. The molecule has 0 nitrogen and oxygen atoms in total. The first-order valence-corrected chi connectivity index (χ1v) is 28.6. The maximum atomic E-state index is 2.73. The molecule has 136 valence electrons. The van der Waals surface area contributed by atoms with E-state index in [1.165, 1.54) is 0 Å². The molecule has 0 aromatic carbocycles. The van der Waals surface area contributed by atoms with Crippen molar-refractivity contribution in [1.29, 1.82) is 0 Å². The van der Waals surface area contributed by atoms with Crippen molar-refractivity contribution in [3.63, 3.8) is 0 Å². The van der Waals surface area contributed by atoms with Gasteiger partial charge in [-0.15, -0.1) is 6.57 Å². The summed E-state index contributed by atoms with van der Waals surface area (Å²) in [4.78, 5) is 0. The molecule has 6 rings (SSSR count). The van der Waals surface area contributed by atoms with E-state index in [4.69, 9.17) is 0 Å². The molecule has 0 atom stereocenters. The normalized spacial score (nSPS) is 59.5. The fourth-order valence-corrected chi connectivity index (χ4v) is 399. The summed E-state index contributed by atoms with van der Waals surface area (Å²) in [7, 11) is -0.732. The van der Waals surface area contributed by atoms with Gasteiger partial charge in [0.2, 0.25) is 0 Å². The Labute approximate surface area is 156 Å². The second-order valence-corrected chi connectivity index (χ2v) is 74.7. The quantitative estimate of drug-likeness (QED) is 0.256. The lowest BCUT2D eigenvalue weighted by Gasteiger charge is -3.22. The van der Waals surface area contributed by atoms with Crippen LogP contribution in [0.15, 0.2) is 0 Å². The molecule has 0 N–H and O–H groups in total. The van der Waals surface area contributed by atoms with Gasteiger partial charge in [-0.25, -0.2) is 0 Å². The molecule has 6 heterocycles. The van der Waals surface area contributed by atoms with E-state index in [2.05, 4.69) is 83.1 Å². The molecule has 0 unspecified atom stereocenters. The molecule has 7 heteroatoms. The molecule has 0 radical (unpaired) electrons. The summed E-state index contributed by atoms with van der Waals surface area (Å²) >= 11 is 0. The molecule has 0 bridgehead atoms. The van der Waals surface area contributed by atoms with E-state index in [9.17, 15) is 0 Å². The monoisotopic (exact) mass is 448 g/mol. The van der Waals surface area contributed by atoms with Gasteiger partial charge in [0.25, 0.3) is 0 Å². The Kier molecular flexibility index (Phi) is 2.97. The van der Waals surface area contributed by atoms with Crippen LogP contribution in [-0.4, -0.2) is 25.9 Å². The summed E-state index contributed by atoms with van der Waals surface area (Å²) in [6, 6.07) is 0. The predicted molar refractivity (Wildman–Crippen MR) is 126 cm³/mol. The van der Waals surface area contributed by atoms with Crippen molar-refractivity contribution in [3.05, 3.63) is 0 Å². The second-order valence-electron chi connectivity index (χ2n) is 12.9. The van der Waals surface area contributed by atoms with Crippen molar-refractivity contribution in [2.75, 3.05) is 0 Å². The second kappa shape index (κ2) is 3.87. The largest absolute Gasteiger partial charge is 0.129 e. The fourth-order valence-electron chi connectivity index (χ4n) is 7.57. The molecule has 6 aliphatic rings. The summed E-state index contributed by atoms with van der Waals surface area (Å²) in [5, 5.41) is 2.32. The van der Waals surface area contributed by atoms with Gasteiger partial charge in [0.05, 0.1) is 0 Å². The highest BCUT2D eigenvalue weighted by atomic mass is 32.6. The predicted octanol–water partition coefficient (Wildman–Crippen LogP) is 8.90. The summed E-state index contributed by atoms with van der Waals surface area (Å²) < 4.78 is 1.06. The maximum absolute atomic E-state index is 2.73. The van der Waals surface area contributed by atoms with Crippen molar-refractivity contribution < 1.29 is 0 Å². The van der Waals surface area contributed by atoms with Gasteiger partial charge in [-0.2, -0.15) is 0 Å². The van der Waals surface area contributed by atoms with E-state index < -0.39 is 21.2 Å². The molecular formula is C17H36P4Si3. The Morgan fingerprint density at radius 3 is 0.917 bits per heavy atom. The molecule has 0 aliphatic carbocycles. The molecule has 24 heavy (non-hydrogen) atoms. The van der Waals surface area contributed by atoms with Crippen molar-refractivity contribution in [2.45, 2.75) is 103 Å². The van der Waals surface area contributed by atoms with Gasteiger partial charge in [0, 0.05) is 4.64 Å². The van der Waals surface area contributed by atoms with Crippen LogP contribution in [0.25, 0.3) is 0 Å². The van der Waals surface area contributed by atoms with Crippen molar-refractivity contribution >= 4 is 48.8 Å². The van der Waals surface area contributed by atoms with Crippen LogP contribution in [0.3, 0.4) is 0 Å². The van der Waals surface area contributed by atoms with E-state index in [0.717, 1.165) is 19.8 Å². The van der Waals surface area contributed by atoms with E-state index in [-0.39, 0.29) is 0 Å². The topological polar surface area (TPSA) is 0 Å². The maximum Gasteiger partial charge on any atom is 0.129 e. The van der Waals surface area contributed by atoms with Crippen LogP contribution in [0.4, 0.5) is 0 Å². The third kappa shape index (κ3) is 1.09. The molecule has 0 aromatic heterocycles. The minimum atomic E-state index is -0.824. The van der Waals surface area contributed by atoms with Crippen molar-refractivity contribution in [2.24, 2.45) is 5.41 Å². The molecule has 0 spiro atoms. The molecule has 0 aromatic rings. The molecule has 6 saturated heterocycles. The number of hydrogen-bond acceptors (Lipinski definition) is 0. The minimum Gasteiger partial charge on any atom is -0.112 e. The summed E-state index contributed by atoms with van der Waals surface area (Å²) in [5.74, 6) is 0. The van der Waals surface area contributed by atoms with E-state index in [0.29, 0.717) is 33.0 Å². The highest BCUT2D eigenvalue weighted by molar-refractivity contribution is 9.29. The van der Waals surface area contributed by atoms with Gasteiger partial charge in [-0.3, -0.25) is 0 Å². The Balaban J connectivity index is 1.76. The van der Waals surface area contributed by atoms with Crippen molar-refractivity contribution in [3.8, 4) is 0 Å². The Morgan fingerprint density at radius 1 is 0.500 bits per heavy atom. The van der Waals surface area contributed by atoms with Gasteiger partial charge in [0.15, 0.2) is 0 Å². The Morgan fingerprint density at radius 2 is 0.750 bits per heavy atom. The first-order chi connectivity index (χ1) is 10.5. The van der Waals surface area contributed by atoms with Crippen LogP contribution >= 0.6 is 27.6 Å². The van der Waals surface area contributed by atoms with Crippen LogP contribution in [0.2, 0.25) is 15.1 Å². The van der Waals surface area contributed by atoms with E-state index >= 15 is 0 Å². The lowest BCUT2D eigenvalue weighted by molar-refractivity contribution is 0.423. The summed E-state index contributed by atoms with van der Waals surface area (Å²) in [6.07, 6.45) is 0. The zero-order chi connectivity index (χ0) is 18.3. The van der Waals surface area contributed by atoms with Crippen LogP contribution in [0, 0.1) is 5.41 Å². The molecule has 0 saturated carbocycles. The summed E-state index contributed by atoms with van der Waals surface area (Å²) in [5.41, 5.74) is 0.670. The smallest absolute Gasteiger partial charge is 0.112 e. The highest BCUT2D eigenvalue weighted by Gasteiger charge is 3.24. The summed E-state index contributed by atoms with van der Waals surface area (Å²) in [6.45, 7) is 33.3. The van der Waals surface area contributed by atoms with Gasteiger partial charge in [0.1, 0.15) is 21.2 Å². The van der Waals surface area contributed by atoms with Gasteiger partial charge in [-0.05, 0) is 20.5 Å². The van der Waals surface area contributed by atoms with Gasteiger partial charge < -0.3 is 0 Å². The molecule has 6 aliphatic heterocycles. The van der Waals surface area contributed by atoms with Crippen molar-refractivity contribution in [1.82, 2.24) is 0 Å². The van der Waals surface area contributed by atoms with Crippen LogP contribution in [-0.2, 0) is 0 Å². The standard InChI is InChI=1S/C17H36P4Si3/c1-13(2,3)17-18-22(14(4,5)6)19(17)24(16(10,11)12)20(17)23(18,21(22)24)15(7,8)9/h1-12H3. The van der Waals surface area contributed by atoms with Crippen LogP contribution in [0.1, 0.15) is 83.1 Å². The average Bonchev–Trinajstić information content (AvgIpc) is 2.32.